The third kappa shape index (κ3) is 3.50. The largest absolute Gasteiger partial charge is 0.321 e. The van der Waals surface area contributed by atoms with Crippen molar-refractivity contribution in [3.8, 4) is 0 Å². The molecule has 0 spiro atoms. The number of aryl methyl sites for hydroxylation is 2. The lowest BCUT2D eigenvalue weighted by atomic mass is 9.81. The van der Waals surface area contributed by atoms with Gasteiger partial charge in [0.2, 0.25) is 11.8 Å². The summed E-state index contributed by atoms with van der Waals surface area (Å²) in [5.74, 6) is -0.742. The molecule has 2 saturated carbocycles. The van der Waals surface area contributed by atoms with Gasteiger partial charge in [0.15, 0.2) is 0 Å². The zero-order chi connectivity index (χ0) is 23.4. The van der Waals surface area contributed by atoms with Gasteiger partial charge >= 0.3 is 0 Å². The molecule has 1 aliphatic heterocycles. The van der Waals surface area contributed by atoms with Gasteiger partial charge in [0.1, 0.15) is 0 Å². The average Bonchev–Trinajstić information content (AvgIpc) is 3.44. The number of nitrogens with zero attached hydrogens (tertiary/aromatic N) is 1. The SMILES string of the molecule is CCc1cccc(CC)c1NC(=O)c1cccc(N2C(=O)[C@@H]3[C@H]4C[C@@H]([C@H](Br)[C@H]4Br)[C@@H]3C2=O)c1. The second-order valence-electron chi connectivity index (χ2n) is 9.18. The van der Waals surface area contributed by atoms with Crippen molar-refractivity contribution in [1.82, 2.24) is 0 Å². The molecule has 172 valence electrons. The summed E-state index contributed by atoms with van der Waals surface area (Å²) in [6.45, 7) is 4.13. The first kappa shape index (κ1) is 22.8. The van der Waals surface area contributed by atoms with Crippen LogP contribution in [0.4, 0.5) is 11.4 Å². The van der Waals surface area contributed by atoms with Crippen LogP contribution in [0.3, 0.4) is 0 Å². The molecule has 6 atom stereocenters. The lowest BCUT2D eigenvalue weighted by molar-refractivity contribution is -0.123. The van der Waals surface area contributed by atoms with Crippen LogP contribution in [0.15, 0.2) is 42.5 Å². The molecular weight excluding hydrogens is 548 g/mol. The minimum atomic E-state index is -0.276. The Hall–Kier alpha value is -1.99. The number of hydrogen-bond donors (Lipinski definition) is 1. The Bertz CT molecular complexity index is 1100. The Morgan fingerprint density at radius 3 is 2.03 bits per heavy atom. The fraction of sp³-hybridized carbons (Fsp3) is 0.423. The highest BCUT2D eigenvalue weighted by Gasteiger charge is 2.66. The van der Waals surface area contributed by atoms with Crippen molar-refractivity contribution in [2.75, 3.05) is 10.2 Å². The summed E-state index contributed by atoms with van der Waals surface area (Å²) < 4.78 is 0. The number of benzene rings is 2. The zero-order valence-electron chi connectivity index (χ0n) is 18.6. The molecule has 33 heavy (non-hydrogen) atoms. The summed E-state index contributed by atoms with van der Waals surface area (Å²) in [4.78, 5) is 41.6. The molecule has 5 nitrogen and oxygen atoms in total. The molecule has 3 amide bonds. The van der Waals surface area contributed by atoms with Crippen molar-refractivity contribution < 1.29 is 14.4 Å². The van der Waals surface area contributed by atoms with Gasteiger partial charge in [-0.15, -0.1) is 0 Å². The van der Waals surface area contributed by atoms with Gasteiger partial charge in [-0.3, -0.25) is 19.3 Å². The van der Waals surface area contributed by atoms with Gasteiger partial charge in [-0.1, -0.05) is 70.0 Å². The molecule has 0 aromatic heterocycles. The first-order valence-corrected chi connectivity index (χ1v) is 13.4. The number of rotatable bonds is 5. The summed E-state index contributed by atoms with van der Waals surface area (Å²) in [6.07, 6.45) is 2.52. The molecule has 2 aliphatic carbocycles. The molecule has 2 bridgehead atoms. The number of carbonyl (C=O) groups excluding carboxylic acids is 3. The maximum absolute atomic E-state index is 13.3. The van der Waals surface area contributed by atoms with E-state index >= 15 is 0 Å². The van der Waals surface area contributed by atoms with Gasteiger partial charge in [0.25, 0.3) is 5.91 Å². The number of amides is 3. The number of carbonyl (C=O) groups is 3. The topological polar surface area (TPSA) is 66.5 Å². The van der Waals surface area contributed by atoms with Gasteiger partial charge < -0.3 is 5.32 Å². The number of imide groups is 1. The predicted octanol–water partition coefficient (Wildman–Crippen LogP) is 5.35. The number of anilines is 2. The Balaban J connectivity index is 1.42. The van der Waals surface area contributed by atoms with E-state index in [1.165, 1.54) is 4.90 Å². The Morgan fingerprint density at radius 2 is 1.48 bits per heavy atom. The standard InChI is InChI=1S/C26H26Br2N2O3/c1-3-13-7-5-8-14(4-2)23(13)29-24(31)15-9-6-10-16(11-15)30-25(32)19-17-12-18(20(19)26(30)33)22(28)21(17)27/h5-11,17-22H,3-4,12H2,1-2H3,(H,29,31)/t17-,18-,19-,20+,21+,22+/m1/s1. The minimum absolute atomic E-state index is 0.136. The highest BCUT2D eigenvalue weighted by molar-refractivity contribution is 9.12. The quantitative estimate of drug-likeness (QED) is 0.387. The van der Waals surface area contributed by atoms with Crippen molar-refractivity contribution in [2.24, 2.45) is 23.7 Å². The van der Waals surface area contributed by atoms with Crippen LogP contribution in [0.2, 0.25) is 0 Å². The second kappa shape index (κ2) is 8.66. The third-order valence-electron chi connectivity index (χ3n) is 7.59. The molecule has 0 unspecified atom stereocenters. The molecular formula is C26H26Br2N2O3. The van der Waals surface area contributed by atoms with E-state index in [-0.39, 0.29) is 51.0 Å². The van der Waals surface area contributed by atoms with Gasteiger partial charge in [-0.25, -0.2) is 0 Å². The molecule has 2 aromatic carbocycles. The maximum atomic E-state index is 13.3. The molecule has 3 fully saturated rings. The number of para-hydroxylation sites is 1. The smallest absolute Gasteiger partial charge is 0.255 e. The maximum Gasteiger partial charge on any atom is 0.255 e. The molecule has 7 heteroatoms. The van der Waals surface area contributed by atoms with Crippen LogP contribution >= 0.6 is 31.9 Å². The number of hydrogen-bond acceptors (Lipinski definition) is 3. The molecule has 1 heterocycles. The van der Waals surface area contributed by atoms with Crippen LogP contribution in [0.5, 0.6) is 0 Å². The van der Waals surface area contributed by atoms with Gasteiger partial charge in [0, 0.05) is 20.9 Å². The third-order valence-corrected chi connectivity index (χ3v) is 10.8. The van der Waals surface area contributed by atoms with Crippen LogP contribution in [-0.4, -0.2) is 27.4 Å². The molecule has 1 N–H and O–H groups in total. The first-order chi connectivity index (χ1) is 15.9. The number of halogens is 2. The lowest BCUT2D eigenvalue weighted by Crippen LogP contribution is -2.37. The number of fused-ring (bicyclic) bond motifs is 5. The van der Waals surface area contributed by atoms with Crippen LogP contribution in [0.1, 0.15) is 41.8 Å². The summed E-state index contributed by atoms with van der Waals surface area (Å²) in [6, 6.07) is 12.9. The highest BCUT2D eigenvalue weighted by Crippen LogP contribution is 2.60. The van der Waals surface area contributed by atoms with Crippen LogP contribution < -0.4 is 10.2 Å². The fourth-order valence-electron chi connectivity index (χ4n) is 5.98. The van der Waals surface area contributed by atoms with Crippen molar-refractivity contribution in [3.05, 3.63) is 59.2 Å². The van der Waals surface area contributed by atoms with E-state index in [0.29, 0.717) is 11.3 Å². The van der Waals surface area contributed by atoms with E-state index in [1.54, 1.807) is 24.3 Å². The van der Waals surface area contributed by atoms with Gasteiger partial charge in [-0.05, 0) is 60.4 Å². The van der Waals surface area contributed by atoms with E-state index in [2.05, 4.69) is 51.0 Å². The van der Waals surface area contributed by atoms with Gasteiger partial charge in [-0.2, -0.15) is 0 Å². The van der Waals surface area contributed by atoms with E-state index in [0.717, 1.165) is 36.1 Å². The van der Waals surface area contributed by atoms with Crippen LogP contribution in [-0.2, 0) is 22.4 Å². The Kier molecular flexibility index (Phi) is 5.98. The lowest BCUT2D eigenvalue weighted by Gasteiger charge is -2.28. The van der Waals surface area contributed by atoms with E-state index in [4.69, 9.17) is 0 Å². The second-order valence-corrected chi connectivity index (χ2v) is 11.3. The number of alkyl halides is 2. The van der Waals surface area contributed by atoms with Crippen LogP contribution in [0, 0.1) is 23.7 Å². The van der Waals surface area contributed by atoms with E-state index < -0.39 is 0 Å². The molecule has 3 aliphatic rings. The number of nitrogens with one attached hydrogen (secondary N) is 1. The zero-order valence-corrected chi connectivity index (χ0v) is 21.7. The molecule has 5 rings (SSSR count). The van der Waals surface area contributed by atoms with Gasteiger partial charge in [0.05, 0.1) is 17.5 Å². The normalized spacial score (nSPS) is 30.1. The predicted molar refractivity (Wildman–Crippen MR) is 136 cm³/mol. The molecule has 0 radical (unpaired) electrons. The Morgan fingerprint density at radius 1 is 0.939 bits per heavy atom. The highest BCUT2D eigenvalue weighted by atomic mass is 79.9. The van der Waals surface area contributed by atoms with E-state index in [9.17, 15) is 14.4 Å². The summed E-state index contributed by atoms with van der Waals surface area (Å²) in [5.41, 5.74) is 3.92. The first-order valence-electron chi connectivity index (χ1n) is 11.6. The van der Waals surface area contributed by atoms with Crippen molar-refractivity contribution in [3.63, 3.8) is 0 Å². The minimum Gasteiger partial charge on any atom is -0.321 e. The average molecular weight is 574 g/mol. The Labute approximate surface area is 210 Å². The monoisotopic (exact) mass is 572 g/mol. The summed E-state index contributed by atoms with van der Waals surface area (Å²) in [5, 5.41) is 3.07. The fourth-order valence-corrected chi connectivity index (χ4v) is 7.85. The van der Waals surface area contributed by atoms with Crippen molar-refractivity contribution >= 4 is 61.0 Å². The van der Waals surface area contributed by atoms with E-state index in [1.807, 2.05) is 18.2 Å². The molecule has 2 aromatic rings. The summed E-state index contributed by atoms with van der Waals surface area (Å²) in [7, 11) is 0. The van der Waals surface area contributed by atoms with Crippen molar-refractivity contribution in [2.45, 2.75) is 42.8 Å². The van der Waals surface area contributed by atoms with Crippen LogP contribution in [0.25, 0.3) is 0 Å². The molecule has 1 saturated heterocycles. The summed E-state index contributed by atoms with van der Waals surface area (Å²) >= 11 is 7.45. The van der Waals surface area contributed by atoms with Crippen molar-refractivity contribution in [1.29, 1.82) is 0 Å².